The van der Waals surface area contributed by atoms with E-state index in [-0.39, 0.29) is 5.91 Å². The molecule has 1 saturated carbocycles. The largest absolute Gasteiger partial charge is 0.480 e. The molecule has 104 valence electrons. The lowest BCUT2D eigenvalue weighted by Gasteiger charge is -2.13. The van der Waals surface area contributed by atoms with Crippen molar-refractivity contribution in [1.29, 1.82) is 0 Å². The van der Waals surface area contributed by atoms with Gasteiger partial charge >= 0.3 is 5.97 Å². The number of carbonyl (C=O) groups is 2. The normalized spacial score (nSPS) is 16.1. The molecule has 0 aliphatic heterocycles. The Balaban J connectivity index is 2.13. The summed E-state index contributed by atoms with van der Waals surface area (Å²) in [6, 6.07) is -0.829. The van der Waals surface area contributed by atoms with Gasteiger partial charge in [0, 0.05) is 13.0 Å². The molecule has 6 heteroatoms. The van der Waals surface area contributed by atoms with E-state index in [0.717, 1.165) is 18.5 Å². The zero-order chi connectivity index (χ0) is 14.0. The van der Waals surface area contributed by atoms with Crippen LogP contribution < -0.4 is 5.32 Å². The molecular weight excluding hydrogens is 246 g/mol. The highest BCUT2D eigenvalue weighted by molar-refractivity contribution is 5.97. The third-order valence-corrected chi connectivity index (χ3v) is 3.37. The van der Waals surface area contributed by atoms with Crippen molar-refractivity contribution in [2.75, 3.05) is 0 Å². The van der Waals surface area contributed by atoms with Crippen molar-refractivity contribution in [3.8, 4) is 0 Å². The Morgan fingerprint density at radius 1 is 1.58 bits per heavy atom. The second kappa shape index (κ2) is 5.42. The van der Waals surface area contributed by atoms with E-state index in [0.29, 0.717) is 24.3 Å². The van der Waals surface area contributed by atoms with Crippen LogP contribution in [-0.2, 0) is 11.8 Å². The van der Waals surface area contributed by atoms with Crippen LogP contribution in [0.5, 0.6) is 0 Å². The summed E-state index contributed by atoms with van der Waals surface area (Å²) in [6.07, 6.45) is 4.79. The second-order valence-corrected chi connectivity index (χ2v) is 4.99. The van der Waals surface area contributed by atoms with Gasteiger partial charge in [0.15, 0.2) is 0 Å². The molecule has 0 radical (unpaired) electrons. The van der Waals surface area contributed by atoms with Gasteiger partial charge in [-0.1, -0.05) is 13.3 Å². The first-order valence-electron chi connectivity index (χ1n) is 6.60. The van der Waals surface area contributed by atoms with E-state index in [4.69, 9.17) is 5.11 Å². The number of carboxylic acid groups (broad SMARTS) is 1. The molecule has 2 N–H and O–H groups in total. The van der Waals surface area contributed by atoms with Crippen molar-refractivity contribution in [2.24, 2.45) is 7.05 Å². The highest BCUT2D eigenvalue weighted by atomic mass is 16.4. The SMILES string of the molecule is CCCC(NC(=O)c1cnn(C)c1C1CC1)C(=O)O. The Kier molecular flexibility index (Phi) is 3.87. The molecule has 0 spiro atoms. The lowest BCUT2D eigenvalue weighted by molar-refractivity contribution is -0.139. The topological polar surface area (TPSA) is 84.2 Å². The first kappa shape index (κ1) is 13.6. The van der Waals surface area contributed by atoms with E-state index in [9.17, 15) is 9.59 Å². The molecule has 0 bridgehead atoms. The van der Waals surface area contributed by atoms with E-state index in [1.165, 1.54) is 6.20 Å². The first-order chi connectivity index (χ1) is 9.04. The molecule has 1 aliphatic rings. The van der Waals surface area contributed by atoms with Crippen LogP contribution in [0.2, 0.25) is 0 Å². The van der Waals surface area contributed by atoms with E-state index in [1.54, 1.807) is 4.68 Å². The number of amides is 1. The molecule has 0 saturated heterocycles. The summed E-state index contributed by atoms with van der Waals surface area (Å²) in [6.45, 7) is 1.89. The minimum atomic E-state index is -0.993. The average Bonchev–Trinajstić information content (AvgIpc) is 3.11. The van der Waals surface area contributed by atoms with Gasteiger partial charge < -0.3 is 10.4 Å². The fourth-order valence-electron chi connectivity index (χ4n) is 2.24. The van der Waals surface area contributed by atoms with Crippen molar-refractivity contribution < 1.29 is 14.7 Å². The summed E-state index contributed by atoms with van der Waals surface area (Å²) < 4.78 is 1.71. The highest BCUT2D eigenvalue weighted by Crippen LogP contribution is 2.41. The average molecular weight is 265 g/mol. The van der Waals surface area contributed by atoms with Crippen LogP contribution in [0.3, 0.4) is 0 Å². The van der Waals surface area contributed by atoms with Crippen LogP contribution in [0.25, 0.3) is 0 Å². The maximum Gasteiger partial charge on any atom is 0.326 e. The molecule has 1 aliphatic carbocycles. The smallest absolute Gasteiger partial charge is 0.326 e. The van der Waals surface area contributed by atoms with Gasteiger partial charge in [0.05, 0.1) is 17.5 Å². The maximum atomic E-state index is 12.2. The minimum Gasteiger partial charge on any atom is -0.480 e. The van der Waals surface area contributed by atoms with E-state index in [2.05, 4.69) is 10.4 Å². The highest BCUT2D eigenvalue weighted by Gasteiger charge is 2.32. The Bertz CT molecular complexity index is 491. The molecule has 1 unspecified atom stereocenters. The standard InChI is InChI=1S/C13H19N3O3/c1-3-4-10(13(18)19)15-12(17)9-7-14-16(2)11(9)8-5-6-8/h7-8,10H,3-6H2,1-2H3,(H,15,17)(H,18,19). The van der Waals surface area contributed by atoms with Gasteiger partial charge in [0.1, 0.15) is 6.04 Å². The monoisotopic (exact) mass is 265 g/mol. The number of carboxylic acids is 1. The van der Waals surface area contributed by atoms with Crippen molar-refractivity contribution in [3.63, 3.8) is 0 Å². The van der Waals surface area contributed by atoms with Gasteiger partial charge in [-0.25, -0.2) is 4.79 Å². The van der Waals surface area contributed by atoms with Gasteiger partial charge in [0.25, 0.3) is 5.91 Å². The molecule has 6 nitrogen and oxygen atoms in total. The van der Waals surface area contributed by atoms with Gasteiger partial charge in [-0.15, -0.1) is 0 Å². The van der Waals surface area contributed by atoms with Gasteiger partial charge in [-0.3, -0.25) is 9.48 Å². The number of nitrogens with zero attached hydrogens (tertiary/aromatic N) is 2. The van der Waals surface area contributed by atoms with E-state index >= 15 is 0 Å². The lowest BCUT2D eigenvalue weighted by atomic mass is 10.1. The third kappa shape index (κ3) is 2.94. The fourth-order valence-corrected chi connectivity index (χ4v) is 2.24. The number of rotatable bonds is 6. The van der Waals surface area contributed by atoms with E-state index < -0.39 is 12.0 Å². The van der Waals surface area contributed by atoms with E-state index in [1.807, 2.05) is 14.0 Å². The summed E-state index contributed by atoms with van der Waals surface area (Å²) >= 11 is 0. The summed E-state index contributed by atoms with van der Waals surface area (Å²) in [5.41, 5.74) is 1.42. The minimum absolute atomic E-state index is 0.337. The zero-order valence-electron chi connectivity index (χ0n) is 11.2. The van der Waals surface area contributed by atoms with Crippen LogP contribution >= 0.6 is 0 Å². The molecule has 1 amide bonds. The third-order valence-electron chi connectivity index (χ3n) is 3.37. The van der Waals surface area contributed by atoms with Crippen LogP contribution in [0.15, 0.2) is 6.20 Å². The number of aromatic nitrogens is 2. The quantitative estimate of drug-likeness (QED) is 0.811. The number of aliphatic carboxylic acids is 1. The molecular formula is C13H19N3O3. The Labute approximate surface area is 111 Å². The van der Waals surface area contributed by atoms with Crippen LogP contribution in [0.4, 0.5) is 0 Å². The number of nitrogens with one attached hydrogen (secondary N) is 1. The first-order valence-corrected chi connectivity index (χ1v) is 6.60. The molecule has 1 aromatic heterocycles. The van der Waals surface area contributed by atoms with Gasteiger partial charge in [-0.2, -0.15) is 5.10 Å². The molecule has 1 heterocycles. The summed E-state index contributed by atoms with van der Waals surface area (Å²) in [5, 5.41) is 15.7. The number of hydrogen-bond donors (Lipinski definition) is 2. The fraction of sp³-hybridized carbons (Fsp3) is 0.615. The van der Waals surface area contributed by atoms with Crippen LogP contribution in [0, 0.1) is 0 Å². The molecule has 19 heavy (non-hydrogen) atoms. The predicted molar refractivity (Wildman–Crippen MR) is 69.0 cm³/mol. The summed E-state index contributed by atoms with van der Waals surface area (Å²) in [4.78, 5) is 23.2. The van der Waals surface area contributed by atoms with Crippen molar-refractivity contribution in [1.82, 2.24) is 15.1 Å². The molecule has 0 aromatic carbocycles. The Morgan fingerprint density at radius 3 is 2.79 bits per heavy atom. The molecule has 1 fully saturated rings. The van der Waals surface area contributed by atoms with Crippen LogP contribution in [0.1, 0.15) is 54.6 Å². The molecule has 2 rings (SSSR count). The molecule has 1 atom stereocenters. The second-order valence-electron chi connectivity index (χ2n) is 4.99. The summed E-state index contributed by atoms with van der Waals surface area (Å²) in [7, 11) is 1.81. The Morgan fingerprint density at radius 2 is 2.26 bits per heavy atom. The maximum absolute atomic E-state index is 12.2. The van der Waals surface area contributed by atoms with Crippen molar-refractivity contribution in [3.05, 3.63) is 17.5 Å². The Hall–Kier alpha value is -1.85. The summed E-state index contributed by atoms with van der Waals surface area (Å²) in [5.74, 6) is -0.939. The number of aryl methyl sites for hydroxylation is 1. The van der Waals surface area contributed by atoms with Crippen molar-refractivity contribution in [2.45, 2.75) is 44.6 Å². The zero-order valence-corrected chi connectivity index (χ0v) is 11.2. The molecule has 1 aromatic rings. The number of hydrogen-bond acceptors (Lipinski definition) is 3. The predicted octanol–water partition coefficient (Wildman–Crippen LogP) is 1.28. The van der Waals surface area contributed by atoms with Gasteiger partial charge in [0.2, 0.25) is 0 Å². The number of carbonyl (C=O) groups excluding carboxylic acids is 1. The van der Waals surface area contributed by atoms with Crippen LogP contribution in [-0.4, -0.2) is 32.8 Å². The van der Waals surface area contributed by atoms with Crippen molar-refractivity contribution >= 4 is 11.9 Å². The van der Waals surface area contributed by atoms with Gasteiger partial charge in [-0.05, 0) is 19.3 Å². The lowest BCUT2D eigenvalue weighted by Crippen LogP contribution is -2.40.